The molecule has 3 heteroatoms. The first-order valence-electron chi connectivity index (χ1n) is 5.83. The Hall–Kier alpha value is -0.600. The van der Waals surface area contributed by atoms with Gasteiger partial charge in [0.2, 0.25) is 0 Å². The average Bonchev–Trinajstić information content (AvgIpc) is 2.24. The molecule has 90 valence electrons. The van der Waals surface area contributed by atoms with Crippen molar-refractivity contribution in [3.8, 4) is 0 Å². The summed E-state index contributed by atoms with van der Waals surface area (Å²) in [6, 6.07) is 6.47. The van der Waals surface area contributed by atoms with Crippen molar-refractivity contribution < 1.29 is 0 Å². The number of hydrogen-bond acceptors (Lipinski definition) is 2. The molecule has 0 aliphatic heterocycles. The number of nitrogens with zero attached hydrogens (tertiary/aromatic N) is 1. The van der Waals surface area contributed by atoms with Crippen LogP contribution >= 0.6 is 11.6 Å². The SMILES string of the molecule is Cc1cccc(CNC(CCl)CC(C)C)n1. The van der Waals surface area contributed by atoms with E-state index in [0.29, 0.717) is 17.8 Å². The van der Waals surface area contributed by atoms with Gasteiger partial charge < -0.3 is 5.32 Å². The Morgan fingerprint density at radius 1 is 1.38 bits per heavy atom. The Morgan fingerprint density at radius 3 is 2.69 bits per heavy atom. The minimum Gasteiger partial charge on any atom is -0.307 e. The number of aryl methyl sites for hydroxylation is 1. The molecule has 0 bridgehead atoms. The third-order valence-corrected chi connectivity index (χ3v) is 2.83. The van der Waals surface area contributed by atoms with E-state index < -0.39 is 0 Å². The zero-order chi connectivity index (χ0) is 12.0. The second-order valence-corrected chi connectivity index (χ2v) is 4.94. The predicted molar refractivity (Wildman–Crippen MR) is 69.8 cm³/mol. The van der Waals surface area contributed by atoms with Gasteiger partial charge >= 0.3 is 0 Å². The topological polar surface area (TPSA) is 24.9 Å². The van der Waals surface area contributed by atoms with Crippen LogP contribution in [-0.4, -0.2) is 16.9 Å². The normalized spacial score (nSPS) is 13.1. The maximum Gasteiger partial charge on any atom is 0.0544 e. The smallest absolute Gasteiger partial charge is 0.0544 e. The van der Waals surface area contributed by atoms with E-state index in [0.717, 1.165) is 24.4 Å². The van der Waals surface area contributed by atoms with Gasteiger partial charge in [-0.3, -0.25) is 4.98 Å². The van der Waals surface area contributed by atoms with Gasteiger partial charge in [-0.1, -0.05) is 19.9 Å². The molecule has 0 saturated heterocycles. The van der Waals surface area contributed by atoms with Crippen molar-refractivity contribution in [3.05, 3.63) is 29.6 Å². The standard InChI is InChI=1S/C13H21ClN2/c1-10(2)7-13(8-14)15-9-12-6-4-5-11(3)16-12/h4-6,10,13,15H,7-9H2,1-3H3. The largest absolute Gasteiger partial charge is 0.307 e. The molecule has 0 radical (unpaired) electrons. The van der Waals surface area contributed by atoms with Crippen LogP contribution in [0.5, 0.6) is 0 Å². The molecule has 1 rings (SSSR count). The first-order valence-corrected chi connectivity index (χ1v) is 6.37. The summed E-state index contributed by atoms with van der Waals surface area (Å²) in [5, 5.41) is 3.45. The number of rotatable bonds is 6. The average molecular weight is 241 g/mol. The van der Waals surface area contributed by atoms with Gasteiger partial charge in [-0.15, -0.1) is 11.6 Å². The number of pyridine rings is 1. The summed E-state index contributed by atoms with van der Waals surface area (Å²) in [5.41, 5.74) is 2.14. The Morgan fingerprint density at radius 2 is 2.12 bits per heavy atom. The highest BCUT2D eigenvalue weighted by atomic mass is 35.5. The van der Waals surface area contributed by atoms with Gasteiger partial charge in [0.1, 0.15) is 0 Å². The van der Waals surface area contributed by atoms with Gasteiger partial charge in [0.15, 0.2) is 0 Å². The maximum atomic E-state index is 5.93. The fourth-order valence-corrected chi connectivity index (χ4v) is 1.95. The molecule has 1 atom stereocenters. The Labute approximate surface area is 103 Å². The molecule has 0 aliphatic rings. The molecule has 2 nitrogen and oxygen atoms in total. The van der Waals surface area contributed by atoms with E-state index in [1.807, 2.05) is 25.1 Å². The number of nitrogens with one attached hydrogen (secondary N) is 1. The van der Waals surface area contributed by atoms with Crippen LogP contribution in [0.4, 0.5) is 0 Å². The third kappa shape index (κ3) is 4.95. The van der Waals surface area contributed by atoms with E-state index in [1.165, 1.54) is 0 Å². The summed E-state index contributed by atoms with van der Waals surface area (Å²) < 4.78 is 0. The van der Waals surface area contributed by atoms with Crippen molar-refractivity contribution in [3.63, 3.8) is 0 Å². The first-order chi connectivity index (χ1) is 7.61. The molecule has 1 N–H and O–H groups in total. The third-order valence-electron chi connectivity index (χ3n) is 2.46. The van der Waals surface area contributed by atoms with Crippen molar-refractivity contribution in [2.75, 3.05) is 5.88 Å². The van der Waals surface area contributed by atoms with Crippen LogP contribution in [0.3, 0.4) is 0 Å². The van der Waals surface area contributed by atoms with Gasteiger partial charge in [-0.2, -0.15) is 0 Å². The minimum atomic E-state index is 0.379. The van der Waals surface area contributed by atoms with Crippen molar-refractivity contribution >= 4 is 11.6 Å². The van der Waals surface area contributed by atoms with Crippen LogP contribution in [0, 0.1) is 12.8 Å². The summed E-state index contributed by atoms with van der Waals surface area (Å²) in [7, 11) is 0. The fourth-order valence-electron chi connectivity index (χ4n) is 1.72. The lowest BCUT2D eigenvalue weighted by Crippen LogP contribution is -2.31. The minimum absolute atomic E-state index is 0.379. The molecular formula is C13H21ClN2. The monoisotopic (exact) mass is 240 g/mol. The Balaban J connectivity index is 2.43. The molecule has 1 unspecified atom stereocenters. The van der Waals surface area contributed by atoms with Crippen LogP contribution in [0.1, 0.15) is 31.7 Å². The fraction of sp³-hybridized carbons (Fsp3) is 0.615. The van der Waals surface area contributed by atoms with Crippen molar-refractivity contribution in [1.82, 2.24) is 10.3 Å². The summed E-state index contributed by atoms with van der Waals surface area (Å²) in [6.07, 6.45) is 1.11. The molecule has 0 aromatic carbocycles. The lowest BCUT2D eigenvalue weighted by Gasteiger charge is -2.17. The predicted octanol–water partition coefficient (Wildman–Crippen LogP) is 3.13. The van der Waals surface area contributed by atoms with Gasteiger partial charge in [0.05, 0.1) is 5.69 Å². The van der Waals surface area contributed by atoms with Crippen LogP contribution in [0.25, 0.3) is 0 Å². The number of halogens is 1. The van der Waals surface area contributed by atoms with E-state index in [2.05, 4.69) is 24.1 Å². The van der Waals surface area contributed by atoms with E-state index in [4.69, 9.17) is 11.6 Å². The van der Waals surface area contributed by atoms with Crippen molar-refractivity contribution in [1.29, 1.82) is 0 Å². The highest BCUT2D eigenvalue weighted by Crippen LogP contribution is 2.07. The molecule has 16 heavy (non-hydrogen) atoms. The Bertz CT molecular complexity index is 313. The molecule has 0 aliphatic carbocycles. The molecule has 1 heterocycles. The van der Waals surface area contributed by atoms with Gasteiger partial charge in [0.25, 0.3) is 0 Å². The van der Waals surface area contributed by atoms with Crippen LogP contribution in [0.15, 0.2) is 18.2 Å². The van der Waals surface area contributed by atoms with Gasteiger partial charge in [-0.05, 0) is 31.4 Å². The second kappa shape index (κ2) is 6.87. The second-order valence-electron chi connectivity index (χ2n) is 4.63. The van der Waals surface area contributed by atoms with E-state index in [-0.39, 0.29) is 0 Å². The first kappa shape index (κ1) is 13.5. The molecule has 1 aromatic heterocycles. The van der Waals surface area contributed by atoms with Crippen LogP contribution in [-0.2, 0) is 6.54 Å². The molecule has 1 aromatic rings. The summed E-state index contributed by atoms with van der Waals surface area (Å²) in [5.74, 6) is 1.32. The molecular weight excluding hydrogens is 220 g/mol. The van der Waals surface area contributed by atoms with Crippen molar-refractivity contribution in [2.45, 2.75) is 39.8 Å². The summed E-state index contributed by atoms with van der Waals surface area (Å²) in [6.45, 7) is 7.24. The number of alkyl halides is 1. The highest BCUT2D eigenvalue weighted by Gasteiger charge is 2.09. The zero-order valence-corrected chi connectivity index (χ0v) is 11.1. The summed E-state index contributed by atoms with van der Waals surface area (Å²) in [4.78, 5) is 4.45. The van der Waals surface area contributed by atoms with Crippen LogP contribution < -0.4 is 5.32 Å². The van der Waals surface area contributed by atoms with Crippen molar-refractivity contribution in [2.24, 2.45) is 5.92 Å². The van der Waals surface area contributed by atoms with E-state index >= 15 is 0 Å². The maximum absolute atomic E-state index is 5.93. The zero-order valence-electron chi connectivity index (χ0n) is 10.3. The molecule has 0 fully saturated rings. The van der Waals surface area contributed by atoms with E-state index in [1.54, 1.807) is 0 Å². The van der Waals surface area contributed by atoms with Gasteiger partial charge in [0, 0.05) is 24.2 Å². The van der Waals surface area contributed by atoms with Crippen LogP contribution in [0.2, 0.25) is 0 Å². The molecule has 0 amide bonds. The lowest BCUT2D eigenvalue weighted by atomic mass is 10.1. The van der Waals surface area contributed by atoms with Gasteiger partial charge in [-0.25, -0.2) is 0 Å². The molecule has 0 saturated carbocycles. The summed E-state index contributed by atoms with van der Waals surface area (Å²) >= 11 is 5.93. The number of aromatic nitrogens is 1. The Kier molecular flexibility index (Phi) is 5.78. The quantitative estimate of drug-likeness (QED) is 0.773. The van der Waals surface area contributed by atoms with E-state index in [9.17, 15) is 0 Å². The lowest BCUT2D eigenvalue weighted by molar-refractivity contribution is 0.442. The molecule has 0 spiro atoms. The number of hydrogen-bond donors (Lipinski definition) is 1. The highest BCUT2D eigenvalue weighted by molar-refractivity contribution is 6.18.